The van der Waals surface area contributed by atoms with Crippen LogP contribution in [0.2, 0.25) is 0 Å². The fraction of sp³-hybridized carbons (Fsp3) is 0.700. The molecule has 0 saturated carbocycles. The third-order valence-corrected chi connectivity index (χ3v) is 1.85. The quantitative estimate of drug-likeness (QED) is 0.627. The molecule has 0 atom stereocenters. The van der Waals surface area contributed by atoms with E-state index in [1.54, 1.807) is 0 Å². The third kappa shape index (κ3) is 4.94. The second-order valence-electron chi connectivity index (χ2n) is 3.84. The van der Waals surface area contributed by atoms with Gasteiger partial charge in [0.2, 0.25) is 5.91 Å². The average Bonchev–Trinajstić information content (AvgIpc) is 2.00. The lowest BCUT2D eigenvalue weighted by Crippen LogP contribution is -2.32. The van der Waals surface area contributed by atoms with E-state index in [1.807, 2.05) is 0 Å². The molecular formula is C10H19NO. The molecule has 1 N–H and O–H groups in total. The molecule has 2 heteroatoms. The molecule has 2 nitrogen and oxygen atoms in total. The normalized spacial score (nSPS) is 10.9. The molecule has 0 rings (SSSR count). The third-order valence-electron chi connectivity index (χ3n) is 1.85. The van der Waals surface area contributed by atoms with Gasteiger partial charge in [0.25, 0.3) is 0 Å². The molecule has 0 aliphatic rings. The number of hydrogen-bond acceptors (Lipinski definition) is 1. The van der Waals surface area contributed by atoms with Gasteiger partial charge in [-0.2, -0.15) is 0 Å². The minimum atomic E-state index is -0.0841. The molecule has 12 heavy (non-hydrogen) atoms. The Morgan fingerprint density at radius 2 is 2.17 bits per heavy atom. The highest BCUT2D eigenvalue weighted by Gasteiger charge is 2.16. The van der Waals surface area contributed by atoms with Crippen molar-refractivity contribution in [2.24, 2.45) is 5.41 Å². The van der Waals surface area contributed by atoms with Crippen molar-refractivity contribution in [3.05, 3.63) is 12.7 Å². The largest absolute Gasteiger partial charge is 0.352 e. The Morgan fingerprint density at radius 3 is 2.58 bits per heavy atom. The predicted molar refractivity (Wildman–Crippen MR) is 51.9 cm³/mol. The molecule has 70 valence electrons. The number of nitrogens with one attached hydrogen (secondary N) is 1. The van der Waals surface area contributed by atoms with E-state index in [-0.39, 0.29) is 11.3 Å². The Balaban J connectivity index is 3.74. The lowest BCUT2D eigenvalue weighted by molar-refractivity contribution is -0.116. The van der Waals surface area contributed by atoms with E-state index >= 15 is 0 Å². The molecule has 0 aromatic carbocycles. The van der Waals surface area contributed by atoms with Gasteiger partial charge in [-0.3, -0.25) is 4.79 Å². The van der Waals surface area contributed by atoms with Gasteiger partial charge in [-0.05, 0) is 17.9 Å². The van der Waals surface area contributed by atoms with Crippen LogP contribution in [-0.4, -0.2) is 12.5 Å². The van der Waals surface area contributed by atoms with Crippen LogP contribution in [-0.2, 0) is 4.79 Å². The number of carbonyl (C=O) groups is 1. The Hall–Kier alpha value is -0.790. The summed E-state index contributed by atoms with van der Waals surface area (Å²) >= 11 is 0. The van der Waals surface area contributed by atoms with Crippen molar-refractivity contribution in [3.8, 4) is 0 Å². The van der Waals surface area contributed by atoms with Gasteiger partial charge in [0.05, 0.1) is 0 Å². The van der Waals surface area contributed by atoms with E-state index in [1.165, 1.54) is 6.08 Å². The lowest BCUT2D eigenvalue weighted by atomic mass is 9.88. The van der Waals surface area contributed by atoms with Crippen molar-refractivity contribution < 1.29 is 4.79 Å². The molecular weight excluding hydrogens is 150 g/mol. The fourth-order valence-corrected chi connectivity index (χ4v) is 1.16. The summed E-state index contributed by atoms with van der Waals surface area (Å²) in [5.41, 5.74) is 0.202. The molecule has 0 bridgehead atoms. The smallest absolute Gasteiger partial charge is 0.243 e. The van der Waals surface area contributed by atoms with E-state index in [9.17, 15) is 4.79 Å². The van der Waals surface area contributed by atoms with Crippen molar-refractivity contribution >= 4 is 5.91 Å². The minimum absolute atomic E-state index is 0.0841. The Kier molecular flexibility index (Phi) is 4.64. The highest BCUT2D eigenvalue weighted by atomic mass is 16.1. The average molecular weight is 169 g/mol. The fourth-order valence-electron chi connectivity index (χ4n) is 1.16. The van der Waals surface area contributed by atoms with Crippen LogP contribution >= 0.6 is 0 Å². The predicted octanol–water partition coefficient (Wildman–Crippen LogP) is 2.11. The summed E-state index contributed by atoms with van der Waals surface area (Å²) in [4.78, 5) is 10.8. The first-order valence-electron chi connectivity index (χ1n) is 4.42. The second-order valence-corrected chi connectivity index (χ2v) is 3.84. The number of carbonyl (C=O) groups excluding carboxylic acids is 1. The van der Waals surface area contributed by atoms with Gasteiger partial charge in [0.15, 0.2) is 0 Å². The summed E-state index contributed by atoms with van der Waals surface area (Å²) in [6.45, 7) is 10.6. The molecule has 0 radical (unpaired) electrons. The van der Waals surface area contributed by atoms with E-state index in [2.05, 4.69) is 32.7 Å². The summed E-state index contributed by atoms with van der Waals surface area (Å²) in [5, 5.41) is 2.80. The van der Waals surface area contributed by atoms with Gasteiger partial charge >= 0.3 is 0 Å². The first-order chi connectivity index (χ1) is 5.52. The van der Waals surface area contributed by atoms with Gasteiger partial charge in [0, 0.05) is 6.54 Å². The van der Waals surface area contributed by atoms with E-state index in [0.29, 0.717) is 0 Å². The lowest BCUT2D eigenvalue weighted by Gasteiger charge is -2.23. The van der Waals surface area contributed by atoms with Crippen LogP contribution in [0.15, 0.2) is 12.7 Å². The summed E-state index contributed by atoms with van der Waals surface area (Å²) in [6, 6.07) is 0. The summed E-state index contributed by atoms with van der Waals surface area (Å²) in [7, 11) is 0. The van der Waals surface area contributed by atoms with Gasteiger partial charge in [-0.15, -0.1) is 0 Å². The van der Waals surface area contributed by atoms with Crippen LogP contribution in [0.5, 0.6) is 0 Å². The monoisotopic (exact) mass is 169 g/mol. The van der Waals surface area contributed by atoms with Crippen molar-refractivity contribution in [1.82, 2.24) is 5.32 Å². The molecule has 0 heterocycles. The number of rotatable bonds is 5. The zero-order chi connectivity index (χ0) is 9.61. The SMILES string of the molecule is C=CC(=O)NCC(C)(C)CCC. The highest BCUT2D eigenvalue weighted by molar-refractivity contribution is 5.86. The first kappa shape index (κ1) is 11.2. The molecule has 0 saturated heterocycles. The molecule has 1 amide bonds. The first-order valence-corrected chi connectivity index (χ1v) is 4.42. The van der Waals surface area contributed by atoms with Crippen LogP contribution in [0.1, 0.15) is 33.6 Å². The molecule has 0 unspecified atom stereocenters. The standard InChI is InChI=1S/C10H19NO/c1-5-7-10(3,4)8-11-9(12)6-2/h6H,2,5,7-8H2,1,3-4H3,(H,11,12). The van der Waals surface area contributed by atoms with Crippen molar-refractivity contribution in [1.29, 1.82) is 0 Å². The molecule has 0 aliphatic carbocycles. The second kappa shape index (κ2) is 4.96. The number of hydrogen-bond donors (Lipinski definition) is 1. The topological polar surface area (TPSA) is 29.1 Å². The van der Waals surface area contributed by atoms with Gasteiger partial charge in [-0.1, -0.05) is 33.8 Å². The van der Waals surface area contributed by atoms with Crippen LogP contribution < -0.4 is 5.32 Å². The summed E-state index contributed by atoms with van der Waals surface area (Å²) in [6.07, 6.45) is 3.59. The Labute approximate surface area is 75.0 Å². The zero-order valence-electron chi connectivity index (χ0n) is 8.31. The van der Waals surface area contributed by atoms with Crippen LogP contribution in [0, 0.1) is 5.41 Å². The maximum Gasteiger partial charge on any atom is 0.243 e. The van der Waals surface area contributed by atoms with Gasteiger partial charge < -0.3 is 5.32 Å². The Morgan fingerprint density at radius 1 is 1.58 bits per heavy atom. The maximum atomic E-state index is 10.8. The minimum Gasteiger partial charge on any atom is -0.352 e. The highest BCUT2D eigenvalue weighted by Crippen LogP contribution is 2.20. The molecule has 0 aliphatic heterocycles. The number of amides is 1. The Bertz CT molecular complexity index is 161. The molecule has 0 fully saturated rings. The molecule has 0 spiro atoms. The summed E-state index contributed by atoms with van der Waals surface area (Å²) < 4.78 is 0. The molecule has 0 aromatic heterocycles. The van der Waals surface area contributed by atoms with Crippen molar-refractivity contribution in [3.63, 3.8) is 0 Å². The van der Waals surface area contributed by atoms with Crippen molar-refractivity contribution in [2.75, 3.05) is 6.54 Å². The van der Waals surface area contributed by atoms with Crippen molar-refractivity contribution in [2.45, 2.75) is 33.6 Å². The van der Waals surface area contributed by atoms with Crippen LogP contribution in [0.3, 0.4) is 0 Å². The van der Waals surface area contributed by atoms with E-state index in [4.69, 9.17) is 0 Å². The van der Waals surface area contributed by atoms with Crippen LogP contribution in [0.4, 0.5) is 0 Å². The van der Waals surface area contributed by atoms with Crippen LogP contribution in [0.25, 0.3) is 0 Å². The zero-order valence-corrected chi connectivity index (χ0v) is 8.31. The molecule has 0 aromatic rings. The van der Waals surface area contributed by atoms with Gasteiger partial charge in [0.1, 0.15) is 0 Å². The summed E-state index contributed by atoms with van der Waals surface area (Å²) in [5.74, 6) is -0.0841. The van der Waals surface area contributed by atoms with E-state index in [0.717, 1.165) is 19.4 Å². The van der Waals surface area contributed by atoms with E-state index < -0.39 is 0 Å². The van der Waals surface area contributed by atoms with Gasteiger partial charge in [-0.25, -0.2) is 0 Å². The maximum absolute atomic E-state index is 10.8.